The van der Waals surface area contributed by atoms with Crippen molar-refractivity contribution in [3.8, 4) is 0 Å². The Morgan fingerprint density at radius 1 is 0.500 bits per heavy atom. The molecule has 0 N–H and O–H groups in total. The van der Waals surface area contributed by atoms with Crippen molar-refractivity contribution in [2.45, 2.75) is 0 Å². The molecule has 0 radical (unpaired) electrons. The summed E-state index contributed by atoms with van der Waals surface area (Å²) in [5.74, 6) is 0. The first-order valence-electron chi connectivity index (χ1n) is 6.14. The van der Waals surface area contributed by atoms with Crippen molar-refractivity contribution in [3.05, 3.63) is 84.9 Å². The second-order valence-electron chi connectivity index (χ2n) is 4.31. The van der Waals surface area contributed by atoms with Crippen LogP contribution in [-0.4, -0.2) is 0 Å². The molecule has 0 atom stereocenters. The second-order valence-corrected chi connectivity index (χ2v) is 4.31. The number of fused-ring (bicyclic) bond motifs is 2. The number of benzene rings is 2. The first-order valence-corrected chi connectivity index (χ1v) is 6.14. The standard InChI is InChI=1S/2C9H7.2ClH.2Ti/c2*1-2-5-9-7-3-6-8(9)4-1;;;;/h2*1-7H;2*1H;;/q2*-1;;;2*+2/p-2. The van der Waals surface area contributed by atoms with E-state index in [1.807, 2.05) is 0 Å². The zero-order chi connectivity index (χ0) is 12.2. The summed E-state index contributed by atoms with van der Waals surface area (Å²) in [6, 6.07) is 29.3. The molecule has 4 aromatic carbocycles. The molecule has 108 valence electrons. The Hall–Kier alpha value is -0.331. The van der Waals surface area contributed by atoms with E-state index in [0.29, 0.717) is 0 Å². The summed E-state index contributed by atoms with van der Waals surface area (Å²) in [7, 11) is 0. The molecule has 0 amide bonds. The van der Waals surface area contributed by atoms with Gasteiger partial charge >= 0.3 is 43.4 Å². The summed E-state index contributed by atoms with van der Waals surface area (Å²) in [4.78, 5) is 0. The molecule has 4 rings (SSSR count). The fraction of sp³-hybridized carbons (Fsp3) is 0. The maximum atomic E-state index is 2.12. The van der Waals surface area contributed by atoms with Gasteiger partial charge in [0.1, 0.15) is 0 Å². The minimum Gasteiger partial charge on any atom is -1.00 e. The van der Waals surface area contributed by atoms with Gasteiger partial charge in [-0.05, 0) is 0 Å². The van der Waals surface area contributed by atoms with Gasteiger partial charge in [0.25, 0.3) is 0 Å². The van der Waals surface area contributed by atoms with E-state index >= 15 is 0 Å². The number of rotatable bonds is 0. The van der Waals surface area contributed by atoms with Crippen LogP contribution in [0.15, 0.2) is 84.9 Å². The van der Waals surface area contributed by atoms with Crippen molar-refractivity contribution < 1.29 is 68.2 Å². The Balaban J connectivity index is 0. The topological polar surface area (TPSA) is 0 Å². The SMILES string of the molecule is [Cl-].[Cl-].[Ti+2].[Ti+2].c1ccc2[cH-]ccc2c1.c1ccc2[cH-]ccc2c1. The van der Waals surface area contributed by atoms with Gasteiger partial charge in [0.05, 0.1) is 0 Å². The van der Waals surface area contributed by atoms with Gasteiger partial charge in [-0.25, -0.2) is 0 Å². The van der Waals surface area contributed by atoms with E-state index in [1.54, 1.807) is 0 Å². The van der Waals surface area contributed by atoms with Crippen LogP contribution in [0, 0.1) is 0 Å². The average molecular weight is 397 g/mol. The summed E-state index contributed by atoms with van der Waals surface area (Å²) in [5, 5.41) is 5.32. The molecule has 0 aliphatic heterocycles. The smallest absolute Gasteiger partial charge is 1.00 e. The van der Waals surface area contributed by atoms with Crippen LogP contribution in [0.25, 0.3) is 21.5 Å². The molecule has 0 saturated heterocycles. The Labute approximate surface area is 173 Å². The fourth-order valence-electron chi connectivity index (χ4n) is 2.14. The third-order valence-electron chi connectivity index (χ3n) is 3.10. The fourth-order valence-corrected chi connectivity index (χ4v) is 2.14. The van der Waals surface area contributed by atoms with Crippen LogP contribution >= 0.6 is 0 Å². The van der Waals surface area contributed by atoms with Gasteiger partial charge in [-0.1, -0.05) is 12.1 Å². The monoisotopic (exact) mass is 396 g/mol. The normalized spacial score (nSPS) is 8.36. The first kappa shape index (κ1) is 23.9. The van der Waals surface area contributed by atoms with Crippen LogP contribution in [0.5, 0.6) is 0 Å². The van der Waals surface area contributed by atoms with E-state index in [0.717, 1.165) is 0 Å². The predicted octanol–water partition coefficient (Wildman–Crippen LogP) is -0.880. The van der Waals surface area contributed by atoms with Crippen molar-refractivity contribution in [1.29, 1.82) is 0 Å². The van der Waals surface area contributed by atoms with Gasteiger partial charge in [-0.15, -0.1) is 59.3 Å². The summed E-state index contributed by atoms with van der Waals surface area (Å²) in [6.45, 7) is 0. The summed E-state index contributed by atoms with van der Waals surface area (Å²) >= 11 is 0. The number of halogens is 2. The Morgan fingerprint density at radius 3 is 1.23 bits per heavy atom. The minimum absolute atomic E-state index is 0. The average Bonchev–Trinajstić information content (AvgIpc) is 3.08. The van der Waals surface area contributed by atoms with Crippen LogP contribution in [0.3, 0.4) is 0 Å². The molecule has 0 aliphatic rings. The van der Waals surface area contributed by atoms with Crippen molar-refractivity contribution >= 4 is 21.5 Å². The zero-order valence-electron chi connectivity index (χ0n) is 11.8. The first-order chi connectivity index (χ1) is 8.93. The number of hydrogen-bond donors (Lipinski definition) is 0. The van der Waals surface area contributed by atoms with Crippen LogP contribution < -0.4 is 24.8 Å². The largest absolute Gasteiger partial charge is 2.00 e. The molecule has 0 aliphatic carbocycles. The Bertz CT molecular complexity index is 633. The molecule has 22 heavy (non-hydrogen) atoms. The molecule has 4 aromatic rings. The minimum atomic E-state index is 0. The summed E-state index contributed by atoms with van der Waals surface area (Å²) < 4.78 is 0. The number of hydrogen-bond acceptors (Lipinski definition) is 0. The van der Waals surface area contributed by atoms with E-state index in [2.05, 4.69) is 84.9 Å². The van der Waals surface area contributed by atoms with Crippen molar-refractivity contribution in [3.63, 3.8) is 0 Å². The molecule has 0 heterocycles. The zero-order valence-corrected chi connectivity index (χ0v) is 16.5. The quantitative estimate of drug-likeness (QED) is 0.267. The maximum absolute atomic E-state index is 2.12. The van der Waals surface area contributed by atoms with Crippen molar-refractivity contribution in [2.24, 2.45) is 0 Å². The van der Waals surface area contributed by atoms with Gasteiger partial charge in [-0.3, -0.25) is 0 Å². The van der Waals surface area contributed by atoms with Gasteiger partial charge in [-0.2, -0.15) is 35.0 Å². The van der Waals surface area contributed by atoms with Gasteiger partial charge in [0.2, 0.25) is 0 Å². The molecule has 0 nitrogen and oxygen atoms in total. The third-order valence-corrected chi connectivity index (χ3v) is 3.10. The van der Waals surface area contributed by atoms with Crippen LogP contribution in [0.2, 0.25) is 0 Å². The van der Waals surface area contributed by atoms with Crippen molar-refractivity contribution in [2.75, 3.05) is 0 Å². The van der Waals surface area contributed by atoms with E-state index < -0.39 is 0 Å². The van der Waals surface area contributed by atoms with Gasteiger partial charge in [0.15, 0.2) is 0 Å². The molecule has 0 aromatic heterocycles. The molecular formula is C18H14Cl2Ti2. The van der Waals surface area contributed by atoms with E-state index in [1.165, 1.54) is 21.5 Å². The molecule has 0 unspecified atom stereocenters. The molecule has 0 bridgehead atoms. The predicted molar refractivity (Wildman–Crippen MR) is 79.1 cm³/mol. The van der Waals surface area contributed by atoms with E-state index in [9.17, 15) is 0 Å². The second kappa shape index (κ2) is 12.1. The summed E-state index contributed by atoms with van der Waals surface area (Å²) in [6.07, 6.45) is 0. The van der Waals surface area contributed by atoms with E-state index in [-0.39, 0.29) is 68.2 Å². The third kappa shape index (κ3) is 6.05. The van der Waals surface area contributed by atoms with Gasteiger partial charge in [0, 0.05) is 0 Å². The molecule has 0 fully saturated rings. The maximum Gasteiger partial charge on any atom is 2.00 e. The molecular weight excluding hydrogens is 383 g/mol. The van der Waals surface area contributed by atoms with Crippen molar-refractivity contribution in [1.82, 2.24) is 0 Å². The van der Waals surface area contributed by atoms with Crippen LogP contribution in [0.4, 0.5) is 0 Å². The molecule has 0 saturated carbocycles. The Kier molecular flexibility index (Phi) is 13.2. The molecule has 4 heteroatoms. The molecule has 0 spiro atoms. The van der Waals surface area contributed by atoms with Gasteiger partial charge < -0.3 is 24.8 Å². The van der Waals surface area contributed by atoms with Crippen LogP contribution in [0.1, 0.15) is 0 Å². The van der Waals surface area contributed by atoms with Crippen LogP contribution in [-0.2, 0) is 43.4 Å². The summed E-state index contributed by atoms with van der Waals surface area (Å²) in [5.41, 5.74) is 0. The van der Waals surface area contributed by atoms with E-state index in [4.69, 9.17) is 0 Å². The Morgan fingerprint density at radius 2 is 0.864 bits per heavy atom.